The second kappa shape index (κ2) is 5.70. The fourth-order valence-corrected chi connectivity index (χ4v) is 2.43. The van der Waals surface area contributed by atoms with Gasteiger partial charge in [-0.15, -0.1) is 0 Å². The van der Waals surface area contributed by atoms with Crippen LogP contribution in [0.2, 0.25) is 0 Å². The third-order valence-electron chi connectivity index (χ3n) is 4.20. The Balaban J connectivity index is 2.30. The number of hydrogen-bond donors (Lipinski definition) is 0. The van der Waals surface area contributed by atoms with Gasteiger partial charge in [-0.3, -0.25) is 9.69 Å². The van der Waals surface area contributed by atoms with Crippen molar-refractivity contribution in [3.05, 3.63) is 47.7 Å². The van der Waals surface area contributed by atoms with Crippen molar-refractivity contribution >= 4 is 5.91 Å². The highest BCUT2D eigenvalue weighted by atomic mass is 16.5. The van der Waals surface area contributed by atoms with Gasteiger partial charge in [0, 0.05) is 0 Å². The van der Waals surface area contributed by atoms with Crippen molar-refractivity contribution in [3.63, 3.8) is 0 Å². The summed E-state index contributed by atoms with van der Waals surface area (Å²) >= 11 is 0. The van der Waals surface area contributed by atoms with Crippen LogP contribution in [0.15, 0.2) is 42.2 Å². The molecule has 0 aliphatic carbocycles. The summed E-state index contributed by atoms with van der Waals surface area (Å²) < 4.78 is 5.54. The lowest BCUT2D eigenvalue weighted by molar-refractivity contribution is -0.142. The van der Waals surface area contributed by atoms with Crippen molar-refractivity contribution in [1.29, 1.82) is 0 Å². The molecule has 1 aromatic carbocycles. The maximum absolute atomic E-state index is 12.7. The highest BCUT2D eigenvalue weighted by molar-refractivity contribution is 5.94. The molecule has 108 valence electrons. The Morgan fingerprint density at radius 3 is 2.55 bits per heavy atom. The van der Waals surface area contributed by atoms with Gasteiger partial charge in [0.25, 0.3) is 5.91 Å². The molecule has 0 aromatic heterocycles. The van der Waals surface area contributed by atoms with Crippen LogP contribution in [0.25, 0.3) is 0 Å². The van der Waals surface area contributed by atoms with E-state index in [-0.39, 0.29) is 17.4 Å². The highest BCUT2D eigenvalue weighted by Gasteiger charge is 2.37. The van der Waals surface area contributed by atoms with E-state index in [2.05, 4.69) is 39.8 Å². The predicted octanol–water partition coefficient (Wildman–Crippen LogP) is 3.67. The number of carbonyl (C=O) groups excluding carboxylic acids is 1. The van der Waals surface area contributed by atoms with Gasteiger partial charge < -0.3 is 4.74 Å². The van der Waals surface area contributed by atoms with E-state index in [1.54, 1.807) is 6.26 Å². The minimum atomic E-state index is -0.384. The van der Waals surface area contributed by atoms with Crippen molar-refractivity contribution in [2.75, 3.05) is 6.73 Å². The second-order valence-corrected chi connectivity index (χ2v) is 5.84. The van der Waals surface area contributed by atoms with E-state index in [1.807, 2.05) is 23.1 Å². The van der Waals surface area contributed by atoms with Gasteiger partial charge in [-0.05, 0) is 31.7 Å². The first-order chi connectivity index (χ1) is 9.48. The van der Waals surface area contributed by atoms with Crippen molar-refractivity contribution in [2.24, 2.45) is 5.92 Å². The molecule has 0 fully saturated rings. The zero-order valence-electron chi connectivity index (χ0n) is 12.7. The number of nitrogens with zero attached hydrogens (tertiary/aromatic N) is 1. The third kappa shape index (κ3) is 2.58. The first-order valence-electron chi connectivity index (χ1n) is 7.17. The number of ether oxygens (including phenoxy) is 1. The lowest BCUT2D eigenvalue weighted by Crippen LogP contribution is -2.49. The van der Waals surface area contributed by atoms with Gasteiger partial charge in [0.2, 0.25) is 0 Å². The Labute approximate surface area is 121 Å². The van der Waals surface area contributed by atoms with E-state index in [1.165, 1.54) is 0 Å². The van der Waals surface area contributed by atoms with E-state index < -0.39 is 0 Å². The lowest BCUT2D eigenvalue weighted by atomic mass is 9.90. The molecule has 3 nitrogen and oxygen atoms in total. The van der Waals surface area contributed by atoms with Crippen LogP contribution in [0.4, 0.5) is 0 Å². The van der Waals surface area contributed by atoms with Gasteiger partial charge in [-0.1, -0.05) is 44.2 Å². The maximum atomic E-state index is 12.7. The number of carbonyl (C=O) groups is 1. The summed E-state index contributed by atoms with van der Waals surface area (Å²) in [6, 6.07) is 10.1. The molecule has 1 unspecified atom stereocenters. The lowest BCUT2D eigenvalue weighted by Gasteiger charge is -2.41. The van der Waals surface area contributed by atoms with Crippen molar-refractivity contribution < 1.29 is 9.53 Å². The molecule has 0 saturated carbocycles. The van der Waals surface area contributed by atoms with Crippen molar-refractivity contribution in [3.8, 4) is 0 Å². The molecule has 1 heterocycles. The molecule has 3 heteroatoms. The van der Waals surface area contributed by atoms with Crippen LogP contribution in [0.3, 0.4) is 0 Å². The highest BCUT2D eigenvalue weighted by Crippen LogP contribution is 2.32. The Bertz CT molecular complexity index is 505. The molecule has 1 amide bonds. The summed E-state index contributed by atoms with van der Waals surface area (Å²) in [6.07, 6.45) is 2.56. The molecule has 0 bridgehead atoms. The molecule has 1 aromatic rings. The van der Waals surface area contributed by atoms with E-state index in [0.717, 1.165) is 17.6 Å². The van der Waals surface area contributed by atoms with Crippen LogP contribution in [-0.4, -0.2) is 17.5 Å². The van der Waals surface area contributed by atoms with Gasteiger partial charge >= 0.3 is 0 Å². The summed E-state index contributed by atoms with van der Waals surface area (Å²) in [5.74, 6) is 0.302. The molecule has 0 saturated heterocycles. The van der Waals surface area contributed by atoms with Crippen LogP contribution in [0.1, 0.15) is 39.7 Å². The first kappa shape index (κ1) is 14.6. The normalized spacial score (nSPS) is 17.5. The van der Waals surface area contributed by atoms with Crippen molar-refractivity contribution in [1.82, 2.24) is 4.90 Å². The molecule has 0 spiro atoms. The summed E-state index contributed by atoms with van der Waals surface area (Å²) in [7, 11) is 0. The molecular weight excluding hydrogens is 250 g/mol. The molecule has 20 heavy (non-hydrogen) atoms. The van der Waals surface area contributed by atoms with E-state index >= 15 is 0 Å². The maximum Gasteiger partial charge on any atom is 0.256 e. The molecule has 1 aliphatic rings. The van der Waals surface area contributed by atoms with E-state index in [0.29, 0.717) is 6.73 Å². The standard InChI is InChI=1S/C17H23NO2/c1-5-13(2)15-11-20-12-18(16(15)19)17(3,4)14-9-7-6-8-10-14/h6-11,13H,5,12H2,1-4H3. The zero-order chi connectivity index (χ0) is 14.8. The molecule has 0 N–H and O–H groups in total. The van der Waals surface area contributed by atoms with Gasteiger partial charge in [0.05, 0.1) is 17.4 Å². The summed E-state index contributed by atoms with van der Waals surface area (Å²) in [4.78, 5) is 14.5. The van der Waals surface area contributed by atoms with Crippen molar-refractivity contribution in [2.45, 2.75) is 39.7 Å². The second-order valence-electron chi connectivity index (χ2n) is 5.84. The van der Waals surface area contributed by atoms with Gasteiger partial charge in [0.15, 0.2) is 6.73 Å². The summed E-state index contributed by atoms with van der Waals surface area (Å²) in [5, 5.41) is 0. The van der Waals surface area contributed by atoms with Gasteiger partial charge in [-0.25, -0.2) is 0 Å². The fourth-order valence-electron chi connectivity index (χ4n) is 2.43. The average Bonchev–Trinajstić information content (AvgIpc) is 2.47. The van der Waals surface area contributed by atoms with Gasteiger partial charge in [0.1, 0.15) is 0 Å². The fraction of sp³-hybridized carbons (Fsp3) is 0.471. The number of rotatable bonds is 4. The molecule has 2 rings (SSSR count). The number of amides is 1. The van der Waals surface area contributed by atoms with Crippen LogP contribution in [0, 0.1) is 5.92 Å². The summed E-state index contributed by atoms with van der Waals surface area (Å²) in [6.45, 7) is 8.57. The molecule has 0 radical (unpaired) electrons. The number of benzene rings is 1. The first-order valence-corrected chi connectivity index (χ1v) is 7.17. The van der Waals surface area contributed by atoms with Crippen LogP contribution < -0.4 is 0 Å². The Kier molecular flexibility index (Phi) is 4.17. The van der Waals surface area contributed by atoms with E-state index in [9.17, 15) is 4.79 Å². The minimum absolute atomic E-state index is 0.0828. The molecular formula is C17H23NO2. The zero-order valence-corrected chi connectivity index (χ0v) is 12.7. The third-order valence-corrected chi connectivity index (χ3v) is 4.20. The monoisotopic (exact) mass is 273 g/mol. The van der Waals surface area contributed by atoms with Gasteiger partial charge in [-0.2, -0.15) is 0 Å². The van der Waals surface area contributed by atoms with Crippen LogP contribution in [-0.2, 0) is 15.1 Å². The van der Waals surface area contributed by atoms with Crippen LogP contribution in [0.5, 0.6) is 0 Å². The Morgan fingerprint density at radius 2 is 1.95 bits per heavy atom. The minimum Gasteiger partial charge on any atom is -0.480 e. The topological polar surface area (TPSA) is 29.5 Å². The number of hydrogen-bond acceptors (Lipinski definition) is 2. The average molecular weight is 273 g/mol. The molecule has 1 aliphatic heterocycles. The largest absolute Gasteiger partial charge is 0.480 e. The Morgan fingerprint density at radius 1 is 1.30 bits per heavy atom. The molecule has 1 atom stereocenters. The SMILES string of the molecule is CCC(C)C1=COCN(C(C)(C)c2ccccc2)C1=O. The predicted molar refractivity (Wildman–Crippen MR) is 79.8 cm³/mol. The summed E-state index contributed by atoms with van der Waals surface area (Å²) in [5.41, 5.74) is 1.50. The van der Waals surface area contributed by atoms with E-state index in [4.69, 9.17) is 4.74 Å². The van der Waals surface area contributed by atoms with Crippen LogP contribution >= 0.6 is 0 Å². The quantitative estimate of drug-likeness (QED) is 0.837. The smallest absolute Gasteiger partial charge is 0.256 e. The Hall–Kier alpha value is -1.77.